The molecule has 0 atom stereocenters. The van der Waals surface area contributed by atoms with Gasteiger partial charge in [0.15, 0.2) is 0 Å². The number of rotatable bonds is 7. The minimum atomic E-state index is 0. The van der Waals surface area contributed by atoms with Crippen molar-refractivity contribution in [1.29, 1.82) is 0 Å². The summed E-state index contributed by atoms with van der Waals surface area (Å²) in [5.74, 6) is 1.83. The maximum atomic E-state index is 6.19. The van der Waals surface area contributed by atoms with Crippen LogP contribution in [0.15, 0.2) is 34.7 Å². The largest absolute Gasteiger partial charge is 1.00 e. The van der Waals surface area contributed by atoms with Crippen LogP contribution < -0.4 is 30.1 Å². The van der Waals surface area contributed by atoms with Crippen LogP contribution in [0.1, 0.15) is 17.7 Å². The Morgan fingerprint density at radius 3 is 2.65 bits per heavy atom. The molecule has 0 bridgehead atoms. The Labute approximate surface area is 173 Å². The molecule has 3 rings (SSSR count). The van der Waals surface area contributed by atoms with Gasteiger partial charge in [0.05, 0.1) is 19.8 Å². The Balaban J connectivity index is 0.00000169. The highest BCUT2D eigenvalue weighted by atomic mass is 35.5. The van der Waals surface area contributed by atoms with Gasteiger partial charge < -0.3 is 39.3 Å². The number of benzene rings is 1. The first kappa shape index (κ1) is 23.3. The van der Waals surface area contributed by atoms with Gasteiger partial charge in [0, 0.05) is 23.7 Å². The summed E-state index contributed by atoms with van der Waals surface area (Å²) in [5, 5.41) is 4.22. The summed E-state index contributed by atoms with van der Waals surface area (Å²) in [4.78, 5) is 2.46. The highest BCUT2D eigenvalue weighted by molar-refractivity contribution is 6.31. The van der Waals surface area contributed by atoms with E-state index in [2.05, 4.69) is 10.2 Å². The molecule has 1 aromatic heterocycles. The first-order valence-corrected chi connectivity index (χ1v) is 8.97. The first-order chi connectivity index (χ1) is 11.7. The Morgan fingerprint density at radius 2 is 1.88 bits per heavy atom. The summed E-state index contributed by atoms with van der Waals surface area (Å²) in [5.41, 5.74) is 2.11. The Morgan fingerprint density at radius 1 is 1.12 bits per heavy atom. The first-order valence-electron chi connectivity index (χ1n) is 8.59. The molecule has 1 fully saturated rings. The van der Waals surface area contributed by atoms with Crippen molar-refractivity contribution in [3.63, 3.8) is 0 Å². The van der Waals surface area contributed by atoms with Gasteiger partial charge in [-0.05, 0) is 50.2 Å². The van der Waals surface area contributed by atoms with Crippen molar-refractivity contribution in [3.05, 3.63) is 46.7 Å². The highest BCUT2D eigenvalue weighted by Crippen LogP contribution is 2.29. The van der Waals surface area contributed by atoms with Crippen LogP contribution in [0.5, 0.6) is 0 Å². The van der Waals surface area contributed by atoms with E-state index in [0.717, 1.165) is 80.0 Å². The van der Waals surface area contributed by atoms with E-state index < -0.39 is 0 Å². The van der Waals surface area contributed by atoms with E-state index in [1.165, 1.54) is 0 Å². The number of nitrogens with one attached hydrogen (secondary N) is 1. The second-order valence-corrected chi connectivity index (χ2v) is 6.57. The lowest BCUT2D eigenvalue weighted by Crippen LogP contribution is -3.00. The fraction of sp³-hybridized carbons (Fsp3) is 0.474. The lowest BCUT2D eigenvalue weighted by Gasteiger charge is -2.26. The lowest BCUT2D eigenvalue weighted by atomic mass is 10.1. The number of furan rings is 1. The number of halogens is 3. The third-order valence-corrected chi connectivity index (χ3v) is 4.84. The summed E-state index contributed by atoms with van der Waals surface area (Å²) in [7, 11) is 0. The molecule has 1 N–H and O–H groups in total. The Kier molecular flexibility index (Phi) is 10.6. The van der Waals surface area contributed by atoms with Gasteiger partial charge in [-0.25, -0.2) is 0 Å². The van der Waals surface area contributed by atoms with E-state index >= 15 is 0 Å². The SMILES string of the molecule is Cc1c(Cl)cccc1-c1ccc(CNCCCN2CCOCC2)o1.[Cl-].[Cl-]. The van der Waals surface area contributed by atoms with Gasteiger partial charge in [0.25, 0.3) is 0 Å². The van der Waals surface area contributed by atoms with Crippen LogP contribution in [0.2, 0.25) is 5.02 Å². The molecule has 0 unspecified atom stereocenters. The number of nitrogens with zero attached hydrogens (tertiary/aromatic N) is 1. The van der Waals surface area contributed by atoms with Gasteiger partial charge in [0.2, 0.25) is 0 Å². The second kappa shape index (κ2) is 11.9. The van der Waals surface area contributed by atoms with Gasteiger partial charge in [-0.3, -0.25) is 4.90 Å². The van der Waals surface area contributed by atoms with E-state index in [1.54, 1.807) is 0 Å². The molecule has 1 aromatic carbocycles. The van der Waals surface area contributed by atoms with Gasteiger partial charge in [-0.1, -0.05) is 23.7 Å². The maximum absolute atomic E-state index is 6.19. The average Bonchev–Trinajstić information content (AvgIpc) is 3.07. The minimum Gasteiger partial charge on any atom is -1.00 e. The molecule has 4 nitrogen and oxygen atoms in total. The molecule has 1 saturated heterocycles. The summed E-state index contributed by atoms with van der Waals surface area (Å²) in [6.07, 6.45) is 1.14. The molecular formula is C19H25Cl3N2O2-2. The number of hydrogen-bond donors (Lipinski definition) is 1. The van der Waals surface area contributed by atoms with Crippen LogP contribution >= 0.6 is 11.6 Å². The fourth-order valence-corrected chi connectivity index (χ4v) is 3.13. The predicted octanol–water partition coefficient (Wildman–Crippen LogP) is -2.27. The molecule has 1 aliphatic heterocycles. The summed E-state index contributed by atoms with van der Waals surface area (Å²) in [6, 6.07) is 9.95. The van der Waals surface area contributed by atoms with Crippen LogP contribution in [0, 0.1) is 6.92 Å². The molecule has 2 aromatic rings. The standard InChI is InChI=1S/C19H25ClN2O2.2ClH/c1-15-17(4-2-5-18(15)20)19-7-6-16(24-19)14-21-8-3-9-22-10-12-23-13-11-22;;/h2,4-7,21H,3,8-14H2,1H3;2*1H/p-2. The molecule has 7 heteroatoms. The van der Waals surface area contributed by atoms with Crippen LogP contribution in [-0.4, -0.2) is 44.3 Å². The molecule has 2 heterocycles. The van der Waals surface area contributed by atoms with Gasteiger partial charge in [0.1, 0.15) is 11.5 Å². The van der Waals surface area contributed by atoms with E-state index in [9.17, 15) is 0 Å². The molecule has 0 amide bonds. The average molecular weight is 420 g/mol. The zero-order valence-corrected chi connectivity index (χ0v) is 17.2. The number of morpholine rings is 1. The van der Waals surface area contributed by atoms with Crippen molar-refractivity contribution in [1.82, 2.24) is 10.2 Å². The molecule has 0 saturated carbocycles. The molecule has 1 aliphatic rings. The van der Waals surface area contributed by atoms with Crippen molar-refractivity contribution in [2.75, 3.05) is 39.4 Å². The van der Waals surface area contributed by atoms with Crippen LogP contribution in [0.4, 0.5) is 0 Å². The van der Waals surface area contributed by atoms with E-state index in [-0.39, 0.29) is 24.8 Å². The quantitative estimate of drug-likeness (QED) is 0.514. The zero-order valence-electron chi connectivity index (χ0n) is 14.9. The molecule has 0 radical (unpaired) electrons. The summed E-state index contributed by atoms with van der Waals surface area (Å²) < 4.78 is 11.3. The topological polar surface area (TPSA) is 37.6 Å². The monoisotopic (exact) mass is 418 g/mol. The van der Waals surface area contributed by atoms with Gasteiger partial charge in [-0.15, -0.1) is 0 Å². The zero-order chi connectivity index (χ0) is 16.8. The van der Waals surface area contributed by atoms with Crippen molar-refractivity contribution in [3.8, 4) is 11.3 Å². The van der Waals surface area contributed by atoms with Crippen LogP contribution in [-0.2, 0) is 11.3 Å². The smallest absolute Gasteiger partial charge is 0.134 e. The third kappa shape index (κ3) is 6.45. The lowest BCUT2D eigenvalue weighted by molar-refractivity contribution is -0.00100. The minimum absolute atomic E-state index is 0. The van der Waals surface area contributed by atoms with Crippen molar-refractivity contribution in [2.24, 2.45) is 0 Å². The van der Waals surface area contributed by atoms with Gasteiger partial charge >= 0.3 is 0 Å². The Bertz CT molecular complexity index is 658. The number of hydrogen-bond acceptors (Lipinski definition) is 4. The van der Waals surface area contributed by atoms with Crippen molar-refractivity contribution in [2.45, 2.75) is 19.9 Å². The molecule has 0 spiro atoms. The molecule has 26 heavy (non-hydrogen) atoms. The fourth-order valence-electron chi connectivity index (χ4n) is 2.96. The highest BCUT2D eigenvalue weighted by Gasteiger charge is 2.10. The molecule has 146 valence electrons. The summed E-state index contributed by atoms with van der Waals surface area (Å²) >= 11 is 6.19. The Hall–Kier alpha value is -0.750. The molecule has 0 aliphatic carbocycles. The second-order valence-electron chi connectivity index (χ2n) is 6.16. The predicted molar refractivity (Wildman–Crippen MR) is 97.5 cm³/mol. The summed E-state index contributed by atoms with van der Waals surface area (Å²) in [6.45, 7) is 8.73. The third-order valence-electron chi connectivity index (χ3n) is 4.43. The molecular weight excluding hydrogens is 395 g/mol. The van der Waals surface area contributed by atoms with E-state index in [1.807, 2.05) is 37.3 Å². The maximum Gasteiger partial charge on any atom is 0.134 e. The van der Waals surface area contributed by atoms with Crippen molar-refractivity contribution >= 4 is 11.6 Å². The van der Waals surface area contributed by atoms with Crippen molar-refractivity contribution < 1.29 is 34.0 Å². The number of ether oxygens (including phenoxy) is 1. The van der Waals surface area contributed by atoms with E-state index in [4.69, 9.17) is 20.8 Å². The normalized spacial score (nSPS) is 14.5. The van der Waals surface area contributed by atoms with E-state index in [0.29, 0.717) is 0 Å². The van der Waals surface area contributed by atoms with Crippen LogP contribution in [0.3, 0.4) is 0 Å². The van der Waals surface area contributed by atoms with Gasteiger partial charge in [-0.2, -0.15) is 0 Å². The van der Waals surface area contributed by atoms with Crippen LogP contribution in [0.25, 0.3) is 11.3 Å².